The van der Waals surface area contributed by atoms with Crippen LogP contribution in [0.2, 0.25) is 0 Å². The van der Waals surface area contributed by atoms with Crippen LogP contribution >= 0.6 is 0 Å². The van der Waals surface area contributed by atoms with Gasteiger partial charge < -0.3 is 15.4 Å². The molecule has 5 heteroatoms. The summed E-state index contributed by atoms with van der Waals surface area (Å²) in [7, 11) is 0. The molecule has 2 heterocycles. The van der Waals surface area contributed by atoms with Crippen molar-refractivity contribution in [3.8, 4) is 5.75 Å². The van der Waals surface area contributed by atoms with Gasteiger partial charge in [0.2, 0.25) is 5.91 Å². The smallest absolute Gasteiger partial charge is 0.226 e. The van der Waals surface area contributed by atoms with E-state index in [0.29, 0.717) is 19.6 Å². The first-order valence-corrected chi connectivity index (χ1v) is 9.08. The van der Waals surface area contributed by atoms with Gasteiger partial charge in [-0.25, -0.2) is 4.39 Å². The number of benzene rings is 2. The van der Waals surface area contributed by atoms with Crippen molar-refractivity contribution in [2.75, 3.05) is 19.7 Å². The number of rotatable bonds is 3. The van der Waals surface area contributed by atoms with Gasteiger partial charge in [0.15, 0.2) is 0 Å². The van der Waals surface area contributed by atoms with E-state index in [0.717, 1.165) is 42.8 Å². The van der Waals surface area contributed by atoms with Crippen LogP contribution in [-0.4, -0.2) is 30.5 Å². The van der Waals surface area contributed by atoms with E-state index in [-0.39, 0.29) is 17.1 Å². The summed E-state index contributed by atoms with van der Waals surface area (Å²) in [5, 5.41) is 0. The maximum absolute atomic E-state index is 13.0. The van der Waals surface area contributed by atoms with Crippen molar-refractivity contribution < 1.29 is 13.9 Å². The van der Waals surface area contributed by atoms with Crippen molar-refractivity contribution in [3.05, 3.63) is 65.0 Å². The number of hydrogen-bond donors (Lipinski definition) is 1. The fourth-order valence-electron chi connectivity index (χ4n) is 4.02. The standard InChI is InChI=1S/C21H23FN2O2/c22-17-4-1-15(2-5-17)12-20(25)24-9-7-21(8-10-24)14-26-19-6-3-16(13-23)11-18(19)21/h1-6,11H,7-10,12-14,23H2. The van der Waals surface area contributed by atoms with E-state index in [1.54, 1.807) is 12.1 Å². The molecule has 0 unspecified atom stereocenters. The van der Waals surface area contributed by atoms with Crippen molar-refractivity contribution in [1.29, 1.82) is 0 Å². The second-order valence-electron chi connectivity index (χ2n) is 7.29. The number of amides is 1. The van der Waals surface area contributed by atoms with Crippen LogP contribution in [0.3, 0.4) is 0 Å². The van der Waals surface area contributed by atoms with Crippen molar-refractivity contribution in [2.24, 2.45) is 5.73 Å². The lowest BCUT2D eigenvalue weighted by Crippen LogP contribution is -2.46. The van der Waals surface area contributed by atoms with Gasteiger partial charge in [-0.3, -0.25) is 4.79 Å². The zero-order chi connectivity index (χ0) is 18.1. The third-order valence-corrected chi connectivity index (χ3v) is 5.70. The van der Waals surface area contributed by atoms with Crippen LogP contribution in [0.1, 0.15) is 29.5 Å². The molecule has 2 aromatic rings. The predicted molar refractivity (Wildman–Crippen MR) is 97.4 cm³/mol. The van der Waals surface area contributed by atoms with Crippen LogP contribution in [0.15, 0.2) is 42.5 Å². The number of likely N-dealkylation sites (tertiary alicyclic amines) is 1. The normalized spacial score (nSPS) is 17.8. The number of hydrogen-bond acceptors (Lipinski definition) is 3. The van der Waals surface area contributed by atoms with Crippen LogP contribution in [0.5, 0.6) is 5.75 Å². The summed E-state index contributed by atoms with van der Waals surface area (Å²) >= 11 is 0. The van der Waals surface area contributed by atoms with Gasteiger partial charge in [0, 0.05) is 30.6 Å². The van der Waals surface area contributed by atoms with Gasteiger partial charge in [-0.2, -0.15) is 0 Å². The monoisotopic (exact) mass is 354 g/mol. The van der Waals surface area contributed by atoms with Gasteiger partial charge in [0.05, 0.1) is 13.0 Å². The lowest BCUT2D eigenvalue weighted by molar-refractivity contribution is -0.132. The molecule has 4 nitrogen and oxygen atoms in total. The number of nitrogens with zero attached hydrogens (tertiary/aromatic N) is 1. The Balaban J connectivity index is 1.43. The van der Waals surface area contributed by atoms with E-state index >= 15 is 0 Å². The molecule has 0 bridgehead atoms. The number of carbonyl (C=O) groups excluding carboxylic acids is 1. The number of ether oxygens (including phenoxy) is 1. The maximum atomic E-state index is 13.0. The summed E-state index contributed by atoms with van der Waals surface area (Å²) in [6, 6.07) is 12.3. The Bertz CT molecular complexity index is 811. The maximum Gasteiger partial charge on any atom is 0.226 e. The third-order valence-electron chi connectivity index (χ3n) is 5.70. The number of piperidine rings is 1. The zero-order valence-electron chi connectivity index (χ0n) is 14.7. The average molecular weight is 354 g/mol. The molecule has 0 atom stereocenters. The SMILES string of the molecule is NCc1ccc2c(c1)C1(CCN(C(=O)Cc3ccc(F)cc3)CC1)CO2. The first-order valence-electron chi connectivity index (χ1n) is 9.08. The molecular formula is C21H23FN2O2. The first kappa shape index (κ1) is 17.0. The topological polar surface area (TPSA) is 55.6 Å². The van der Waals surface area contributed by atoms with Crippen molar-refractivity contribution in [3.63, 3.8) is 0 Å². The molecule has 26 heavy (non-hydrogen) atoms. The van der Waals surface area contributed by atoms with Gasteiger partial charge in [-0.15, -0.1) is 0 Å². The number of nitrogens with two attached hydrogens (primary N) is 1. The number of halogens is 1. The highest BCUT2D eigenvalue weighted by atomic mass is 19.1. The molecule has 1 fully saturated rings. The molecule has 4 rings (SSSR count). The quantitative estimate of drug-likeness (QED) is 0.922. The van der Waals surface area contributed by atoms with E-state index in [2.05, 4.69) is 6.07 Å². The summed E-state index contributed by atoms with van der Waals surface area (Å²) in [5.41, 5.74) is 8.98. The Hall–Kier alpha value is -2.40. The van der Waals surface area contributed by atoms with E-state index in [9.17, 15) is 9.18 Å². The summed E-state index contributed by atoms with van der Waals surface area (Å²) in [6.07, 6.45) is 2.10. The molecule has 2 aromatic carbocycles. The molecule has 0 saturated carbocycles. The Kier molecular flexibility index (Phi) is 4.41. The van der Waals surface area contributed by atoms with E-state index in [1.165, 1.54) is 17.7 Å². The minimum Gasteiger partial charge on any atom is -0.492 e. The van der Waals surface area contributed by atoms with Crippen LogP contribution in [0, 0.1) is 5.82 Å². The summed E-state index contributed by atoms with van der Waals surface area (Å²) in [6.45, 7) is 2.63. The largest absolute Gasteiger partial charge is 0.492 e. The highest BCUT2D eigenvalue weighted by Gasteiger charge is 2.43. The van der Waals surface area contributed by atoms with E-state index < -0.39 is 0 Å². The van der Waals surface area contributed by atoms with Gasteiger partial charge in [-0.05, 0) is 42.2 Å². The lowest BCUT2D eigenvalue weighted by atomic mass is 9.74. The van der Waals surface area contributed by atoms with E-state index in [4.69, 9.17) is 10.5 Å². The van der Waals surface area contributed by atoms with Crippen LogP contribution in [0.4, 0.5) is 4.39 Å². The molecular weight excluding hydrogens is 331 g/mol. The lowest BCUT2D eigenvalue weighted by Gasteiger charge is -2.38. The molecule has 0 radical (unpaired) electrons. The third kappa shape index (κ3) is 3.07. The average Bonchev–Trinajstić information content (AvgIpc) is 3.01. The summed E-state index contributed by atoms with van der Waals surface area (Å²) in [4.78, 5) is 14.5. The fraction of sp³-hybridized carbons (Fsp3) is 0.381. The highest BCUT2D eigenvalue weighted by Crippen LogP contribution is 2.45. The Labute approximate surface area is 152 Å². The minimum atomic E-state index is -0.280. The molecule has 0 aromatic heterocycles. The Morgan fingerprint density at radius 3 is 2.50 bits per heavy atom. The zero-order valence-corrected chi connectivity index (χ0v) is 14.7. The second kappa shape index (κ2) is 6.72. The first-order chi connectivity index (χ1) is 12.6. The van der Waals surface area contributed by atoms with Crippen molar-refractivity contribution in [1.82, 2.24) is 4.90 Å². The second-order valence-corrected chi connectivity index (χ2v) is 7.29. The number of carbonyl (C=O) groups is 1. The van der Waals surface area contributed by atoms with Gasteiger partial charge >= 0.3 is 0 Å². The van der Waals surface area contributed by atoms with E-state index in [1.807, 2.05) is 17.0 Å². The summed E-state index contributed by atoms with van der Waals surface area (Å²) < 4.78 is 18.9. The van der Waals surface area contributed by atoms with Crippen LogP contribution in [0.25, 0.3) is 0 Å². The van der Waals surface area contributed by atoms with Gasteiger partial charge in [0.25, 0.3) is 0 Å². The fourth-order valence-corrected chi connectivity index (χ4v) is 4.02. The van der Waals surface area contributed by atoms with Crippen molar-refractivity contribution >= 4 is 5.91 Å². The molecule has 2 N–H and O–H groups in total. The molecule has 0 aliphatic carbocycles. The van der Waals surface area contributed by atoms with Gasteiger partial charge in [-0.1, -0.05) is 24.3 Å². The predicted octanol–water partition coefficient (Wildman–Crippen LogP) is 2.78. The molecule has 2 aliphatic rings. The highest BCUT2D eigenvalue weighted by molar-refractivity contribution is 5.79. The Morgan fingerprint density at radius 1 is 1.12 bits per heavy atom. The van der Waals surface area contributed by atoms with Gasteiger partial charge in [0.1, 0.15) is 11.6 Å². The van der Waals surface area contributed by atoms with Crippen LogP contribution < -0.4 is 10.5 Å². The molecule has 1 saturated heterocycles. The summed E-state index contributed by atoms with van der Waals surface area (Å²) in [5.74, 6) is 0.771. The van der Waals surface area contributed by atoms with Crippen molar-refractivity contribution in [2.45, 2.75) is 31.2 Å². The number of fused-ring (bicyclic) bond motifs is 2. The molecule has 2 aliphatic heterocycles. The molecule has 1 spiro atoms. The minimum absolute atomic E-state index is 0.00678. The Morgan fingerprint density at radius 2 is 1.81 bits per heavy atom. The molecule has 1 amide bonds. The van der Waals surface area contributed by atoms with Crippen LogP contribution in [-0.2, 0) is 23.2 Å². The molecule has 136 valence electrons.